The van der Waals surface area contributed by atoms with Gasteiger partial charge in [0.2, 0.25) is 0 Å². The quantitative estimate of drug-likeness (QED) is 0.211. The minimum atomic E-state index is 1.03. The van der Waals surface area contributed by atoms with E-state index in [0.29, 0.717) is 0 Å². The van der Waals surface area contributed by atoms with Crippen molar-refractivity contribution in [3.05, 3.63) is 151 Å². The Labute approximate surface area is 239 Å². The molecule has 0 bridgehead atoms. The molecule has 8 aromatic rings. The van der Waals surface area contributed by atoms with Crippen LogP contribution >= 0.6 is 0 Å². The third kappa shape index (κ3) is 3.90. The topological polar surface area (TPSA) is 12.9 Å². The summed E-state index contributed by atoms with van der Waals surface area (Å²) in [7, 11) is 0. The molecule has 0 fully saturated rings. The first-order chi connectivity index (χ1) is 20.2. The number of fused-ring (bicyclic) bond motifs is 4. The van der Waals surface area contributed by atoms with Gasteiger partial charge in [-0.3, -0.25) is 4.98 Å². The van der Waals surface area contributed by atoms with Crippen molar-refractivity contribution in [3.8, 4) is 33.5 Å². The lowest BCUT2D eigenvalue weighted by Gasteiger charge is -2.19. The van der Waals surface area contributed by atoms with Gasteiger partial charge in [0.25, 0.3) is 0 Å². The van der Waals surface area contributed by atoms with Crippen LogP contribution in [0.3, 0.4) is 0 Å². The highest BCUT2D eigenvalue weighted by Crippen LogP contribution is 2.45. The molecule has 0 saturated carbocycles. The van der Waals surface area contributed by atoms with E-state index in [1.807, 2.05) is 12.3 Å². The number of nitrogens with zero attached hydrogens (tertiary/aromatic N) is 1. The van der Waals surface area contributed by atoms with Gasteiger partial charge in [-0.05, 0) is 102 Å². The first-order valence-electron chi connectivity index (χ1n) is 14.1. The zero-order valence-electron chi connectivity index (χ0n) is 22.8. The number of rotatable bonds is 3. The van der Waals surface area contributed by atoms with Crippen molar-refractivity contribution in [1.82, 2.24) is 4.98 Å². The van der Waals surface area contributed by atoms with Crippen LogP contribution in [0.2, 0.25) is 0 Å². The summed E-state index contributed by atoms with van der Waals surface area (Å²) in [5, 5.41) is 10.0. The van der Waals surface area contributed by atoms with Gasteiger partial charge >= 0.3 is 0 Å². The highest BCUT2D eigenvalue weighted by molar-refractivity contribution is 6.22. The number of benzene rings is 7. The van der Waals surface area contributed by atoms with Gasteiger partial charge in [0, 0.05) is 11.8 Å². The molecular weight excluding hydrogens is 494 g/mol. The maximum atomic E-state index is 4.78. The van der Waals surface area contributed by atoms with E-state index >= 15 is 0 Å². The minimum Gasteiger partial charge on any atom is -0.256 e. The fourth-order valence-corrected chi connectivity index (χ4v) is 6.43. The van der Waals surface area contributed by atoms with Crippen molar-refractivity contribution in [1.29, 1.82) is 0 Å². The van der Waals surface area contributed by atoms with Crippen LogP contribution in [0.1, 0.15) is 5.56 Å². The molecule has 0 atom stereocenters. The van der Waals surface area contributed by atoms with E-state index in [2.05, 4.69) is 140 Å². The highest BCUT2D eigenvalue weighted by Gasteiger charge is 2.18. The van der Waals surface area contributed by atoms with Crippen molar-refractivity contribution in [2.24, 2.45) is 0 Å². The summed E-state index contributed by atoms with van der Waals surface area (Å²) in [6.45, 7) is 2.14. The summed E-state index contributed by atoms with van der Waals surface area (Å²) in [5.41, 5.74) is 8.34. The third-order valence-electron chi connectivity index (χ3n) is 8.38. The average Bonchev–Trinajstić information content (AvgIpc) is 3.03. The summed E-state index contributed by atoms with van der Waals surface area (Å²) >= 11 is 0. The van der Waals surface area contributed by atoms with Crippen LogP contribution in [0.25, 0.3) is 76.6 Å². The van der Waals surface area contributed by atoms with Crippen LogP contribution in [0.15, 0.2) is 146 Å². The smallest absolute Gasteiger partial charge is 0.0731 e. The molecule has 41 heavy (non-hydrogen) atoms. The molecule has 0 aliphatic rings. The van der Waals surface area contributed by atoms with Crippen LogP contribution < -0.4 is 0 Å². The molecule has 0 aliphatic carbocycles. The lowest BCUT2D eigenvalue weighted by atomic mass is 9.84. The molecule has 1 aromatic heterocycles. The predicted octanol–water partition coefficient (Wildman–Crippen LogP) is 11.0. The van der Waals surface area contributed by atoms with E-state index in [4.69, 9.17) is 4.98 Å². The maximum absolute atomic E-state index is 4.78. The molecule has 1 nitrogen and oxygen atoms in total. The van der Waals surface area contributed by atoms with Gasteiger partial charge in [-0.25, -0.2) is 0 Å². The monoisotopic (exact) mass is 521 g/mol. The minimum absolute atomic E-state index is 1.03. The summed E-state index contributed by atoms with van der Waals surface area (Å²) in [6.07, 6.45) is 1.89. The normalized spacial score (nSPS) is 11.5. The highest BCUT2D eigenvalue weighted by atomic mass is 14.7. The van der Waals surface area contributed by atoms with Crippen molar-refractivity contribution in [2.75, 3.05) is 0 Å². The Balaban J connectivity index is 1.52. The number of hydrogen-bond acceptors (Lipinski definition) is 1. The molecule has 0 N–H and O–H groups in total. The second-order valence-electron chi connectivity index (χ2n) is 10.8. The molecule has 0 radical (unpaired) electrons. The van der Waals surface area contributed by atoms with Gasteiger partial charge in [0.05, 0.1) is 5.69 Å². The van der Waals surface area contributed by atoms with Gasteiger partial charge in [-0.2, -0.15) is 0 Å². The molecule has 0 amide bonds. The summed E-state index contributed by atoms with van der Waals surface area (Å²) in [4.78, 5) is 4.78. The van der Waals surface area contributed by atoms with Crippen LogP contribution in [0, 0.1) is 6.92 Å². The zero-order chi connectivity index (χ0) is 27.3. The molecule has 1 heteroatoms. The van der Waals surface area contributed by atoms with Gasteiger partial charge in [-0.15, -0.1) is 0 Å². The molecule has 192 valence electrons. The molecule has 7 aromatic carbocycles. The van der Waals surface area contributed by atoms with Gasteiger partial charge in [0.1, 0.15) is 0 Å². The van der Waals surface area contributed by atoms with Crippen LogP contribution in [0.4, 0.5) is 0 Å². The number of aryl methyl sites for hydroxylation is 1. The summed E-state index contributed by atoms with van der Waals surface area (Å²) in [6, 6.07) is 50.8. The van der Waals surface area contributed by atoms with Crippen molar-refractivity contribution in [2.45, 2.75) is 6.92 Å². The van der Waals surface area contributed by atoms with Crippen molar-refractivity contribution < 1.29 is 0 Å². The zero-order valence-corrected chi connectivity index (χ0v) is 22.8. The van der Waals surface area contributed by atoms with E-state index in [0.717, 1.165) is 11.3 Å². The Morgan fingerprint density at radius 3 is 1.51 bits per heavy atom. The predicted molar refractivity (Wildman–Crippen MR) is 175 cm³/mol. The van der Waals surface area contributed by atoms with Gasteiger partial charge in [-0.1, -0.05) is 115 Å². The van der Waals surface area contributed by atoms with Crippen LogP contribution in [-0.4, -0.2) is 4.98 Å². The maximum Gasteiger partial charge on any atom is 0.0731 e. The van der Waals surface area contributed by atoms with Crippen LogP contribution in [0.5, 0.6) is 0 Å². The molecule has 0 unspecified atom stereocenters. The lowest BCUT2D eigenvalue weighted by molar-refractivity contribution is 1.27. The number of aromatic nitrogens is 1. The molecule has 1 heterocycles. The lowest BCUT2D eigenvalue weighted by Crippen LogP contribution is -1.93. The first-order valence-corrected chi connectivity index (χ1v) is 14.1. The largest absolute Gasteiger partial charge is 0.256 e. The average molecular weight is 522 g/mol. The van der Waals surface area contributed by atoms with E-state index in [-0.39, 0.29) is 0 Å². The van der Waals surface area contributed by atoms with Crippen molar-refractivity contribution in [3.63, 3.8) is 0 Å². The van der Waals surface area contributed by atoms with Crippen molar-refractivity contribution >= 4 is 43.1 Å². The second kappa shape index (κ2) is 9.43. The Bertz CT molecular complexity index is 2270. The molecular formula is C40H27N. The number of hydrogen-bond donors (Lipinski definition) is 0. The van der Waals surface area contributed by atoms with Crippen LogP contribution in [-0.2, 0) is 0 Å². The molecule has 0 saturated heterocycles. The standard InChI is InChI=1S/C40H27N/c1-26-9-8-22-41-40(26)33-20-21-36-37(25-33)39(32-19-17-28-11-3-5-13-30(28)24-32)35-15-7-6-14-34(35)38(36)31-18-16-27-10-2-4-12-29(27)23-31/h2-25H,1H3. The van der Waals surface area contributed by atoms with E-state index in [9.17, 15) is 0 Å². The molecule has 0 spiro atoms. The third-order valence-corrected chi connectivity index (χ3v) is 8.38. The number of pyridine rings is 1. The Hall–Kier alpha value is -5.27. The SMILES string of the molecule is Cc1cccnc1-c1ccc2c(-c3ccc4ccccc4c3)c3ccccc3c(-c3ccc4ccccc4c3)c2c1. The summed E-state index contributed by atoms with van der Waals surface area (Å²) < 4.78 is 0. The van der Waals surface area contributed by atoms with Gasteiger partial charge in [0.15, 0.2) is 0 Å². The summed E-state index contributed by atoms with van der Waals surface area (Å²) in [5.74, 6) is 0. The molecule has 8 rings (SSSR count). The van der Waals surface area contributed by atoms with Gasteiger partial charge < -0.3 is 0 Å². The van der Waals surface area contributed by atoms with E-state index < -0.39 is 0 Å². The van der Waals surface area contributed by atoms with E-state index in [1.54, 1.807) is 0 Å². The van der Waals surface area contributed by atoms with E-state index in [1.165, 1.54) is 70.9 Å². The Morgan fingerprint density at radius 1 is 0.390 bits per heavy atom. The molecule has 0 aliphatic heterocycles. The Morgan fingerprint density at radius 2 is 0.902 bits per heavy atom. The fraction of sp³-hybridized carbons (Fsp3) is 0.0250. The fourth-order valence-electron chi connectivity index (χ4n) is 6.43. The second-order valence-corrected chi connectivity index (χ2v) is 10.8. The Kier molecular flexibility index (Phi) is 5.43. The first kappa shape index (κ1) is 23.6.